The summed E-state index contributed by atoms with van der Waals surface area (Å²) in [5.74, 6) is 0.737. The van der Waals surface area contributed by atoms with Crippen molar-refractivity contribution in [2.45, 2.75) is 46.6 Å². The monoisotopic (exact) mass is 141 g/mol. The molecule has 0 aromatic carbocycles. The van der Waals surface area contributed by atoms with Crippen LogP contribution in [0.15, 0.2) is 4.99 Å². The molecular formula is C9H19N. The van der Waals surface area contributed by atoms with Crippen molar-refractivity contribution in [1.29, 1.82) is 0 Å². The Morgan fingerprint density at radius 1 is 1.30 bits per heavy atom. The van der Waals surface area contributed by atoms with Crippen LogP contribution in [-0.2, 0) is 0 Å². The summed E-state index contributed by atoms with van der Waals surface area (Å²) in [6.07, 6.45) is 4.31. The molecule has 1 unspecified atom stereocenters. The summed E-state index contributed by atoms with van der Waals surface area (Å²) in [4.78, 5) is 4.39. The summed E-state index contributed by atoms with van der Waals surface area (Å²) in [6.45, 7) is 8.68. The van der Waals surface area contributed by atoms with Crippen LogP contribution in [0.25, 0.3) is 0 Å². The molecule has 0 heterocycles. The standard InChI is InChI=1S/C9H19N/c1-5-8(4)9(6-2)10-7-3/h7-9H,5-6H2,1-4H3/b10-7-/t8-,9?/m1/s1. The van der Waals surface area contributed by atoms with Crippen molar-refractivity contribution in [3.05, 3.63) is 0 Å². The highest BCUT2D eigenvalue weighted by Gasteiger charge is 2.09. The molecule has 0 rings (SSSR count). The van der Waals surface area contributed by atoms with Gasteiger partial charge in [-0.3, -0.25) is 4.99 Å². The lowest BCUT2D eigenvalue weighted by atomic mass is 9.98. The van der Waals surface area contributed by atoms with Gasteiger partial charge in [0.15, 0.2) is 0 Å². The Balaban J connectivity index is 3.79. The molecule has 0 amide bonds. The highest BCUT2D eigenvalue weighted by atomic mass is 14.8. The maximum atomic E-state index is 4.39. The lowest BCUT2D eigenvalue weighted by molar-refractivity contribution is 0.436. The van der Waals surface area contributed by atoms with Gasteiger partial charge < -0.3 is 0 Å². The fourth-order valence-electron chi connectivity index (χ4n) is 1.12. The zero-order valence-electron chi connectivity index (χ0n) is 7.59. The molecule has 60 valence electrons. The summed E-state index contributed by atoms with van der Waals surface area (Å²) in [5.41, 5.74) is 0. The van der Waals surface area contributed by atoms with Gasteiger partial charge in [0.2, 0.25) is 0 Å². The Bertz CT molecular complexity index is 96.9. The molecule has 0 bridgehead atoms. The second-order valence-electron chi connectivity index (χ2n) is 2.77. The normalized spacial score (nSPS) is 17.6. The van der Waals surface area contributed by atoms with E-state index in [1.807, 2.05) is 13.1 Å². The van der Waals surface area contributed by atoms with Crippen molar-refractivity contribution < 1.29 is 0 Å². The number of hydrogen-bond donors (Lipinski definition) is 0. The molecule has 0 saturated heterocycles. The number of hydrogen-bond acceptors (Lipinski definition) is 1. The van der Waals surface area contributed by atoms with Crippen molar-refractivity contribution in [3.63, 3.8) is 0 Å². The van der Waals surface area contributed by atoms with E-state index < -0.39 is 0 Å². The minimum atomic E-state index is 0.551. The van der Waals surface area contributed by atoms with E-state index in [-0.39, 0.29) is 0 Å². The molecule has 1 heteroatoms. The van der Waals surface area contributed by atoms with Crippen LogP contribution in [-0.4, -0.2) is 12.3 Å². The summed E-state index contributed by atoms with van der Waals surface area (Å²) < 4.78 is 0. The van der Waals surface area contributed by atoms with Gasteiger partial charge in [0.1, 0.15) is 0 Å². The first-order chi connectivity index (χ1) is 4.76. The Morgan fingerprint density at radius 3 is 2.20 bits per heavy atom. The Hall–Kier alpha value is -0.330. The Kier molecular flexibility index (Phi) is 5.27. The zero-order valence-corrected chi connectivity index (χ0v) is 7.59. The second-order valence-corrected chi connectivity index (χ2v) is 2.77. The van der Waals surface area contributed by atoms with E-state index in [2.05, 4.69) is 25.8 Å². The third-order valence-electron chi connectivity index (χ3n) is 2.06. The van der Waals surface area contributed by atoms with Gasteiger partial charge in [0.05, 0.1) is 6.04 Å². The molecule has 0 fully saturated rings. The molecule has 0 radical (unpaired) electrons. The first-order valence-corrected chi connectivity index (χ1v) is 4.24. The van der Waals surface area contributed by atoms with Gasteiger partial charge in [-0.2, -0.15) is 0 Å². The minimum absolute atomic E-state index is 0.551. The van der Waals surface area contributed by atoms with Crippen molar-refractivity contribution in [1.82, 2.24) is 0 Å². The van der Waals surface area contributed by atoms with Crippen molar-refractivity contribution >= 4 is 6.21 Å². The van der Waals surface area contributed by atoms with Crippen LogP contribution in [0.2, 0.25) is 0 Å². The van der Waals surface area contributed by atoms with Gasteiger partial charge in [-0.25, -0.2) is 0 Å². The average molecular weight is 141 g/mol. The molecule has 0 aliphatic rings. The van der Waals surface area contributed by atoms with Crippen LogP contribution >= 0.6 is 0 Å². The molecule has 0 spiro atoms. The first kappa shape index (κ1) is 9.67. The third kappa shape index (κ3) is 3.00. The van der Waals surface area contributed by atoms with E-state index in [9.17, 15) is 0 Å². The fourth-order valence-corrected chi connectivity index (χ4v) is 1.12. The molecule has 0 aliphatic heterocycles. The second kappa shape index (κ2) is 5.45. The van der Waals surface area contributed by atoms with E-state index in [0.717, 1.165) is 5.92 Å². The van der Waals surface area contributed by atoms with E-state index >= 15 is 0 Å². The fraction of sp³-hybridized carbons (Fsp3) is 0.889. The molecule has 0 aromatic heterocycles. The zero-order chi connectivity index (χ0) is 7.98. The maximum Gasteiger partial charge on any atom is 0.0518 e. The van der Waals surface area contributed by atoms with Gasteiger partial charge in [0, 0.05) is 0 Å². The van der Waals surface area contributed by atoms with Gasteiger partial charge in [-0.05, 0) is 25.5 Å². The lowest BCUT2D eigenvalue weighted by Gasteiger charge is -2.15. The van der Waals surface area contributed by atoms with Gasteiger partial charge in [-0.15, -0.1) is 0 Å². The molecule has 0 saturated carbocycles. The Morgan fingerprint density at radius 2 is 1.90 bits per heavy atom. The number of nitrogens with zero attached hydrogens (tertiary/aromatic N) is 1. The summed E-state index contributed by atoms with van der Waals surface area (Å²) >= 11 is 0. The highest BCUT2D eigenvalue weighted by Crippen LogP contribution is 2.13. The van der Waals surface area contributed by atoms with Crippen LogP contribution in [0.4, 0.5) is 0 Å². The van der Waals surface area contributed by atoms with Gasteiger partial charge >= 0.3 is 0 Å². The predicted molar refractivity (Wildman–Crippen MR) is 47.7 cm³/mol. The average Bonchev–Trinajstić information content (AvgIpc) is 1.99. The molecule has 0 aliphatic carbocycles. The van der Waals surface area contributed by atoms with Gasteiger partial charge in [-0.1, -0.05) is 27.2 Å². The van der Waals surface area contributed by atoms with Crippen molar-refractivity contribution in [2.75, 3.05) is 0 Å². The van der Waals surface area contributed by atoms with Crippen LogP contribution in [0.5, 0.6) is 0 Å². The quantitative estimate of drug-likeness (QED) is 0.534. The van der Waals surface area contributed by atoms with Crippen LogP contribution in [0.3, 0.4) is 0 Å². The SMILES string of the molecule is C/C=N\C(CC)[C@H](C)CC. The van der Waals surface area contributed by atoms with Crippen molar-refractivity contribution in [2.24, 2.45) is 10.9 Å². The van der Waals surface area contributed by atoms with E-state index in [4.69, 9.17) is 0 Å². The number of rotatable bonds is 4. The Labute approximate surface area is 64.6 Å². The summed E-state index contributed by atoms with van der Waals surface area (Å²) in [7, 11) is 0. The number of aliphatic imine (C=N–C) groups is 1. The molecule has 1 nitrogen and oxygen atoms in total. The summed E-state index contributed by atoms with van der Waals surface area (Å²) in [5, 5.41) is 0. The molecule has 10 heavy (non-hydrogen) atoms. The van der Waals surface area contributed by atoms with E-state index in [0.29, 0.717) is 6.04 Å². The molecule has 2 atom stereocenters. The van der Waals surface area contributed by atoms with Gasteiger partial charge in [0.25, 0.3) is 0 Å². The highest BCUT2D eigenvalue weighted by molar-refractivity contribution is 5.53. The lowest BCUT2D eigenvalue weighted by Crippen LogP contribution is -2.13. The summed E-state index contributed by atoms with van der Waals surface area (Å²) in [6, 6.07) is 0.551. The third-order valence-corrected chi connectivity index (χ3v) is 2.06. The topological polar surface area (TPSA) is 12.4 Å². The largest absolute Gasteiger partial charge is 0.294 e. The van der Waals surface area contributed by atoms with Crippen molar-refractivity contribution in [3.8, 4) is 0 Å². The van der Waals surface area contributed by atoms with Crippen LogP contribution in [0, 0.1) is 5.92 Å². The molecular weight excluding hydrogens is 122 g/mol. The minimum Gasteiger partial charge on any atom is -0.294 e. The van der Waals surface area contributed by atoms with E-state index in [1.165, 1.54) is 12.8 Å². The molecule has 0 aromatic rings. The predicted octanol–water partition coefficient (Wildman–Crippen LogP) is 2.90. The van der Waals surface area contributed by atoms with Crippen LogP contribution < -0.4 is 0 Å². The smallest absolute Gasteiger partial charge is 0.0518 e. The first-order valence-electron chi connectivity index (χ1n) is 4.24. The van der Waals surface area contributed by atoms with Crippen LogP contribution in [0.1, 0.15) is 40.5 Å². The van der Waals surface area contributed by atoms with E-state index in [1.54, 1.807) is 0 Å². The maximum absolute atomic E-state index is 4.39. The molecule has 0 N–H and O–H groups in total.